The van der Waals surface area contributed by atoms with E-state index in [1.165, 1.54) is 24.0 Å². The first-order chi connectivity index (χ1) is 10.8. The molecule has 3 aromatic rings. The molecule has 0 saturated carbocycles. The normalized spacial score (nSPS) is 13.3. The van der Waals surface area contributed by atoms with Gasteiger partial charge in [0, 0.05) is 0 Å². The largest absolute Gasteiger partial charge is 0.487 e. The summed E-state index contributed by atoms with van der Waals surface area (Å²) in [6.07, 6.45) is 5.19. The van der Waals surface area contributed by atoms with Crippen molar-refractivity contribution in [2.24, 2.45) is 0 Å². The number of oxazole rings is 1. The van der Waals surface area contributed by atoms with Crippen LogP contribution in [-0.2, 0) is 19.4 Å². The first-order valence-corrected chi connectivity index (χ1v) is 7.54. The molecule has 4 rings (SSSR count). The predicted octanol–water partition coefficient (Wildman–Crippen LogP) is 4.31. The topological polar surface area (TPSA) is 48.4 Å². The SMILES string of the molecule is Cc1oc(-c2ccco2)nc1COc1ccc2c(c1)CCC2. The van der Waals surface area contributed by atoms with Crippen LogP contribution < -0.4 is 4.74 Å². The number of ether oxygens (including phenoxy) is 1. The highest BCUT2D eigenvalue weighted by molar-refractivity contribution is 5.44. The number of fused-ring (bicyclic) bond motifs is 1. The molecule has 1 aromatic carbocycles. The molecule has 0 amide bonds. The Bertz CT molecular complexity index is 787. The van der Waals surface area contributed by atoms with Crippen LogP contribution in [0.5, 0.6) is 5.75 Å². The summed E-state index contributed by atoms with van der Waals surface area (Å²) in [5.41, 5.74) is 3.66. The lowest BCUT2D eigenvalue weighted by atomic mass is 10.1. The van der Waals surface area contributed by atoms with Crippen LogP contribution in [0.1, 0.15) is 29.0 Å². The van der Waals surface area contributed by atoms with Gasteiger partial charge < -0.3 is 13.6 Å². The molecule has 0 bridgehead atoms. The third-order valence-corrected chi connectivity index (χ3v) is 4.07. The molecule has 4 nitrogen and oxygen atoms in total. The Morgan fingerprint density at radius 1 is 1.18 bits per heavy atom. The molecule has 0 spiro atoms. The quantitative estimate of drug-likeness (QED) is 0.719. The van der Waals surface area contributed by atoms with Crippen LogP contribution in [0.4, 0.5) is 0 Å². The molecular weight excluding hydrogens is 278 g/mol. The lowest BCUT2D eigenvalue weighted by Crippen LogP contribution is -1.98. The van der Waals surface area contributed by atoms with Crippen LogP contribution in [0, 0.1) is 6.92 Å². The Hall–Kier alpha value is -2.49. The fourth-order valence-electron chi connectivity index (χ4n) is 2.86. The molecule has 0 radical (unpaired) electrons. The van der Waals surface area contributed by atoms with Crippen molar-refractivity contribution in [3.05, 3.63) is 59.2 Å². The van der Waals surface area contributed by atoms with E-state index in [0.29, 0.717) is 18.3 Å². The Kier molecular flexibility index (Phi) is 3.22. The first kappa shape index (κ1) is 13.2. The van der Waals surface area contributed by atoms with Crippen molar-refractivity contribution in [2.75, 3.05) is 0 Å². The summed E-state index contributed by atoms with van der Waals surface area (Å²) in [5, 5.41) is 0. The summed E-state index contributed by atoms with van der Waals surface area (Å²) in [6, 6.07) is 9.99. The van der Waals surface area contributed by atoms with Crippen LogP contribution in [-0.4, -0.2) is 4.98 Å². The molecule has 112 valence electrons. The highest BCUT2D eigenvalue weighted by Gasteiger charge is 2.15. The van der Waals surface area contributed by atoms with E-state index >= 15 is 0 Å². The Morgan fingerprint density at radius 3 is 2.95 bits per heavy atom. The summed E-state index contributed by atoms with van der Waals surface area (Å²) < 4.78 is 16.8. The van der Waals surface area contributed by atoms with E-state index in [-0.39, 0.29) is 0 Å². The van der Waals surface area contributed by atoms with Gasteiger partial charge in [0.1, 0.15) is 23.8 Å². The van der Waals surface area contributed by atoms with Gasteiger partial charge in [-0.2, -0.15) is 0 Å². The van der Waals surface area contributed by atoms with Crippen molar-refractivity contribution in [3.8, 4) is 17.4 Å². The van der Waals surface area contributed by atoms with Gasteiger partial charge in [0.2, 0.25) is 0 Å². The van der Waals surface area contributed by atoms with Crippen LogP contribution in [0.15, 0.2) is 45.4 Å². The van der Waals surface area contributed by atoms with E-state index < -0.39 is 0 Å². The maximum absolute atomic E-state index is 5.88. The number of aryl methyl sites for hydroxylation is 3. The van der Waals surface area contributed by atoms with Gasteiger partial charge in [-0.1, -0.05) is 6.07 Å². The molecule has 0 aliphatic heterocycles. The van der Waals surface area contributed by atoms with Gasteiger partial charge in [0.05, 0.1) is 6.26 Å². The number of furan rings is 1. The molecule has 2 aromatic heterocycles. The zero-order valence-electron chi connectivity index (χ0n) is 12.5. The monoisotopic (exact) mass is 295 g/mol. The van der Waals surface area contributed by atoms with E-state index in [4.69, 9.17) is 13.6 Å². The summed E-state index contributed by atoms with van der Waals surface area (Å²) in [7, 11) is 0. The molecule has 4 heteroatoms. The van der Waals surface area contributed by atoms with Crippen molar-refractivity contribution in [1.82, 2.24) is 4.98 Å². The number of aromatic nitrogens is 1. The van der Waals surface area contributed by atoms with Gasteiger partial charge in [-0.3, -0.25) is 0 Å². The second-order valence-electron chi connectivity index (χ2n) is 5.57. The summed E-state index contributed by atoms with van der Waals surface area (Å²) in [6.45, 7) is 2.29. The van der Waals surface area contributed by atoms with Gasteiger partial charge in [-0.25, -0.2) is 4.98 Å². The number of hydrogen-bond donors (Lipinski definition) is 0. The van der Waals surface area contributed by atoms with E-state index in [0.717, 1.165) is 23.6 Å². The summed E-state index contributed by atoms with van der Waals surface area (Å²) in [4.78, 5) is 4.45. The maximum Gasteiger partial charge on any atom is 0.263 e. The van der Waals surface area contributed by atoms with Crippen LogP contribution in [0.2, 0.25) is 0 Å². The number of rotatable bonds is 4. The third kappa shape index (κ3) is 2.41. The average Bonchev–Trinajstić information content (AvgIpc) is 3.25. The van der Waals surface area contributed by atoms with Gasteiger partial charge in [0.15, 0.2) is 5.76 Å². The second kappa shape index (κ2) is 5.37. The number of nitrogens with zero attached hydrogens (tertiary/aromatic N) is 1. The minimum absolute atomic E-state index is 0.398. The highest BCUT2D eigenvalue weighted by atomic mass is 16.5. The molecule has 0 fully saturated rings. The van der Waals surface area contributed by atoms with Crippen molar-refractivity contribution in [2.45, 2.75) is 32.8 Å². The number of hydrogen-bond acceptors (Lipinski definition) is 4. The van der Waals surface area contributed by atoms with Crippen molar-refractivity contribution < 1.29 is 13.6 Å². The highest BCUT2D eigenvalue weighted by Crippen LogP contribution is 2.27. The fraction of sp³-hybridized carbons (Fsp3) is 0.278. The van der Waals surface area contributed by atoms with Crippen LogP contribution >= 0.6 is 0 Å². The average molecular weight is 295 g/mol. The molecule has 1 aliphatic rings. The second-order valence-corrected chi connectivity index (χ2v) is 5.57. The van der Waals surface area contributed by atoms with E-state index in [1.807, 2.05) is 25.1 Å². The Labute approximate surface area is 128 Å². The predicted molar refractivity (Wildman–Crippen MR) is 81.7 cm³/mol. The zero-order valence-corrected chi connectivity index (χ0v) is 12.5. The van der Waals surface area contributed by atoms with Gasteiger partial charge in [-0.15, -0.1) is 0 Å². The lowest BCUT2D eigenvalue weighted by molar-refractivity contribution is 0.299. The van der Waals surface area contributed by atoms with Crippen LogP contribution in [0.3, 0.4) is 0 Å². The standard InChI is InChI=1S/C18H17NO3/c1-12-16(19-18(22-12)17-6-3-9-20-17)11-21-15-8-7-13-4-2-5-14(13)10-15/h3,6-10H,2,4-5,11H2,1H3. The third-order valence-electron chi connectivity index (χ3n) is 4.07. The van der Waals surface area contributed by atoms with E-state index in [2.05, 4.69) is 17.1 Å². The fourth-order valence-corrected chi connectivity index (χ4v) is 2.86. The smallest absolute Gasteiger partial charge is 0.263 e. The summed E-state index contributed by atoms with van der Waals surface area (Å²) in [5.74, 6) is 2.78. The number of benzene rings is 1. The molecule has 1 aliphatic carbocycles. The van der Waals surface area contributed by atoms with Crippen LogP contribution in [0.25, 0.3) is 11.7 Å². The zero-order chi connectivity index (χ0) is 14.9. The first-order valence-electron chi connectivity index (χ1n) is 7.54. The Balaban J connectivity index is 1.50. The molecular formula is C18H17NO3. The minimum atomic E-state index is 0.398. The lowest BCUT2D eigenvalue weighted by Gasteiger charge is -2.06. The van der Waals surface area contributed by atoms with Crippen molar-refractivity contribution in [1.29, 1.82) is 0 Å². The molecule has 0 N–H and O–H groups in total. The molecule has 0 saturated heterocycles. The van der Waals surface area contributed by atoms with Crippen molar-refractivity contribution in [3.63, 3.8) is 0 Å². The molecule has 2 heterocycles. The minimum Gasteiger partial charge on any atom is -0.487 e. The maximum atomic E-state index is 5.88. The molecule has 0 unspecified atom stereocenters. The van der Waals surface area contributed by atoms with Gasteiger partial charge >= 0.3 is 0 Å². The Morgan fingerprint density at radius 2 is 2.09 bits per heavy atom. The summed E-state index contributed by atoms with van der Waals surface area (Å²) >= 11 is 0. The van der Waals surface area contributed by atoms with E-state index in [1.54, 1.807) is 6.26 Å². The van der Waals surface area contributed by atoms with Gasteiger partial charge in [0.25, 0.3) is 5.89 Å². The van der Waals surface area contributed by atoms with Crippen molar-refractivity contribution >= 4 is 0 Å². The van der Waals surface area contributed by atoms with Gasteiger partial charge in [-0.05, 0) is 61.6 Å². The van der Waals surface area contributed by atoms with E-state index in [9.17, 15) is 0 Å². The molecule has 22 heavy (non-hydrogen) atoms. The molecule has 0 atom stereocenters.